The molecule has 0 bridgehead atoms. The van der Waals surface area contributed by atoms with Crippen molar-refractivity contribution < 1.29 is 9.47 Å². The maximum atomic E-state index is 5.35. The SMILES string of the molecule is CN=C(NCCCOCCOC)NC(C)C. The third-order valence-electron chi connectivity index (χ3n) is 1.84. The van der Waals surface area contributed by atoms with Crippen molar-refractivity contribution >= 4 is 5.96 Å². The fourth-order valence-corrected chi connectivity index (χ4v) is 1.09. The van der Waals surface area contributed by atoms with Gasteiger partial charge in [0, 0.05) is 33.4 Å². The van der Waals surface area contributed by atoms with E-state index < -0.39 is 0 Å². The highest BCUT2D eigenvalue weighted by atomic mass is 16.5. The van der Waals surface area contributed by atoms with Crippen molar-refractivity contribution in [3.8, 4) is 0 Å². The van der Waals surface area contributed by atoms with E-state index in [1.165, 1.54) is 0 Å². The van der Waals surface area contributed by atoms with Crippen LogP contribution < -0.4 is 10.6 Å². The number of hydrogen-bond donors (Lipinski definition) is 2. The van der Waals surface area contributed by atoms with Crippen LogP contribution in [0.5, 0.6) is 0 Å². The lowest BCUT2D eigenvalue weighted by atomic mass is 10.4. The average Bonchev–Trinajstić information content (AvgIpc) is 2.25. The minimum atomic E-state index is 0.393. The third-order valence-corrected chi connectivity index (χ3v) is 1.84. The zero-order valence-corrected chi connectivity index (χ0v) is 10.9. The zero-order valence-electron chi connectivity index (χ0n) is 10.9. The van der Waals surface area contributed by atoms with E-state index in [2.05, 4.69) is 29.5 Å². The van der Waals surface area contributed by atoms with Crippen LogP contribution in [0.3, 0.4) is 0 Å². The van der Waals surface area contributed by atoms with Gasteiger partial charge in [0.2, 0.25) is 0 Å². The van der Waals surface area contributed by atoms with Crippen molar-refractivity contribution in [2.75, 3.05) is 40.5 Å². The Balaban J connectivity index is 3.35. The number of hydrogen-bond acceptors (Lipinski definition) is 3. The summed E-state index contributed by atoms with van der Waals surface area (Å²) in [6.45, 7) is 7.09. The summed E-state index contributed by atoms with van der Waals surface area (Å²) in [6.07, 6.45) is 0.961. The van der Waals surface area contributed by atoms with Crippen molar-refractivity contribution in [1.82, 2.24) is 10.6 Å². The Morgan fingerprint density at radius 3 is 2.56 bits per heavy atom. The van der Waals surface area contributed by atoms with Crippen molar-refractivity contribution in [3.63, 3.8) is 0 Å². The van der Waals surface area contributed by atoms with Gasteiger partial charge in [-0.3, -0.25) is 4.99 Å². The standard InChI is InChI=1S/C11H25N3O2/c1-10(2)14-11(12-3)13-6-5-7-16-9-8-15-4/h10H,5-9H2,1-4H3,(H2,12,13,14). The number of methoxy groups -OCH3 is 1. The second kappa shape index (κ2) is 10.7. The molecule has 96 valence electrons. The van der Waals surface area contributed by atoms with Gasteiger partial charge in [0.15, 0.2) is 5.96 Å². The van der Waals surface area contributed by atoms with Gasteiger partial charge >= 0.3 is 0 Å². The maximum Gasteiger partial charge on any atom is 0.191 e. The number of nitrogens with one attached hydrogen (secondary N) is 2. The average molecular weight is 231 g/mol. The predicted octanol–water partition coefficient (Wildman–Crippen LogP) is 0.613. The monoisotopic (exact) mass is 231 g/mol. The van der Waals surface area contributed by atoms with Crippen LogP contribution in [-0.2, 0) is 9.47 Å². The van der Waals surface area contributed by atoms with E-state index in [1.54, 1.807) is 14.2 Å². The number of rotatable bonds is 8. The first-order valence-electron chi connectivity index (χ1n) is 5.74. The minimum Gasteiger partial charge on any atom is -0.382 e. The molecule has 0 unspecified atom stereocenters. The van der Waals surface area contributed by atoms with E-state index in [9.17, 15) is 0 Å². The first-order valence-corrected chi connectivity index (χ1v) is 5.74. The van der Waals surface area contributed by atoms with Crippen molar-refractivity contribution in [2.24, 2.45) is 4.99 Å². The summed E-state index contributed by atoms with van der Waals surface area (Å²) < 4.78 is 10.2. The lowest BCUT2D eigenvalue weighted by molar-refractivity contribution is 0.0698. The van der Waals surface area contributed by atoms with Gasteiger partial charge in [-0.25, -0.2) is 0 Å². The van der Waals surface area contributed by atoms with Gasteiger partial charge < -0.3 is 20.1 Å². The fraction of sp³-hybridized carbons (Fsp3) is 0.909. The first-order chi connectivity index (χ1) is 7.70. The van der Waals surface area contributed by atoms with E-state index in [-0.39, 0.29) is 0 Å². The summed E-state index contributed by atoms with van der Waals surface area (Å²) in [5, 5.41) is 6.44. The Hall–Kier alpha value is -0.810. The van der Waals surface area contributed by atoms with Crippen LogP contribution >= 0.6 is 0 Å². The van der Waals surface area contributed by atoms with E-state index in [4.69, 9.17) is 9.47 Å². The molecular weight excluding hydrogens is 206 g/mol. The van der Waals surface area contributed by atoms with E-state index in [1.807, 2.05) is 0 Å². The predicted molar refractivity (Wildman–Crippen MR) is 66.9 cm³/mol. The molecule has 0 aliphatic heterocycles. The molecule has 16 heavy (non-hydrogen) atoms. The number of aliphatic imine (C=N–C) groups is 1. The molecule has 0 fully saturated rings. The Bertz CT molecular complexity index is 184. The molecule has 0 radical (unpaired) electrons. The molecule has 0 aliphatic rings. The second-order valence-electron chi connectivity index (χ2n) is 3.76. The largest absolute Gasteiger partial charge is 0.382 e. The lowest BCUT2D eigenvalue weighted by Gasteiger charge is -2.14. The Morgan fingerprint density at radius 1 is 1.25 bits per heavy atom. The number of nitrogens with zero attached hydrogens (tertiary/aromatic N) is 1. The van der Waals surface area contributed by atoms with Gasteiger partial charge in [0.1, 0.15) is 0 Å². The van der Waals surface area contributed by atoms with Crippen LogP contribution in [0.25, 0.3) is 0 Å². The molecule has 0 rings (SSSR count). The quantitative estimate of drug-likeness (QED) is 0.365. The first kappa shape index (κ1) is 15.2. The molecule has 0 saturated heterocycles. The van der Waals surface area contributed by atoms with Crippen LogP contribution in [0.4, 0.5) is 0 Å². The normalized spacial score (nSPS) is 11.9. The molecule has 0 spiro atoms. The van der Waals surface area contributed by atoms with Crippen LogP contribution in [0.1, 0.15) is 20.3 Å². The molecule has 5 nitrogen and oxygen atoms in total. The van der Waals surface area contributed by atoms with E-state index >= 15 is 0 Å². The second-order valence-corrected chi connectivity index (χ2v) is 3.76. The van der Waals surface area contributed by atoms with Crippen molar-refractivity contribution in [1.29, 1.82) is 0 Å². The molecule has 0 aliphatic carbocycles. The lowest BCUT2D eigenvalue weighted by Crippen LogP contribution is -2.41. The highest BCUT2D eigenvalue weighted by Crippen LogP contribution is 1.83. The molecule has 0 atom stereocenters. The maximum absolute atomic E-state index is 5.35. The fourth-order valence-electron chi connectivity index (χ4n) is 1.09. The van der Waals surface area contributed by atoms with E-state index in [0.717, 1.165) is 25.5 Å². The molecule has 0 aromatic heterocycles. The summed E-state index contributed by atoms with van der Waals surface area (Å²) in [5.74, 6) is 0.840. The molecule has 0 amide bonds. The third kappa shape index (κ3) is 9.73. The van der Waals surface area contributed by atoms with Gasteiger partial charge in [-0.05, 0) is 20.3 Å². The van der Waals surface area contributed by atoms with Crippen LogP contribution in [-0.4, -0.2) is 52.5 Å². The highest BCUT2D eigenvalue weighted by molar-refractivity contribution is 5.79. The van der Waals surface area contributed by atoms with Crippen LogP contribution in [0, 0.1) is 0 Å². The summed E-state index contributed by atoms with van der Waals surface area (Å²) >= 11 is 0. The summed E-state index contributed by atoms with van der Waals surface area (Å²) in [6, 6.07) is 0.393. The topological polar surface area (TPSA) is 54.9 Å². The van der Waals surface area contributed by atoms with Crippen LogP contribution in [0.2, 0.25) is 0 Å². The van der Waals surface area contributed by atoms with Crippen LogP contribution in [0.15, 0.2) is 4.99 Å². The smallest absolute Gasteiger partial charge is 0.191 e. The molecule has 5 heteroatoms. The number of guanidine groups is 1. The molecular formula is C11H25N3O2. The molecule has 0 saturated carbocycles. The Kier molecular flexibility index (Phi) is 10.2. The Labute approximate surface area is 98.6 Å². The van der Waals surface area contributed by atoms with Crippen molar-refractivity contribution in [2.45, 2.75) is 26.3 Å². The molecule has 0 aromatic carbocycles. The van der Waals surface area contributed by atoms with Gasteiger partial charge in [-0.2, -0.15) is 0 Å². The number of ether oxygens (including phenoxy) is 2. The Morgan fingerprint density at radius 2 is 2.00 bits per heavy atom. The van der Waals surface area contributed by atoms with Gasteiger partial charge in [0.25, 0.3) is 0 Å². The van der Waals surface area contributed by atoms with Gasteiger partial charge in [0.05, 0.1) is 13.2 Å². The summed E-state index contributed by atoms with van der Waals surface area (Å²) in [4.78, 5) is 4.11. The van der Waals surface area contributed by atoms with Gasteiger partial charge in [-0.15, -0.1) is 0 Å². The molecule has 0 heterocycles. The van der Waals surface area contributed by atoms with E-state index in [0.29, 0.717) is 19.3 Å². The summed E-state index contributed by atoms with van der Waals surface area (Å²) in [5.41, 5.74) is 0. The molecule has 0 aromatic rings. The molecule has 2 N–H and O–H groups in total. The summed E-state index contributed by atoms with van der Waals surface area (Å²) in [7, 11) is 3.44. The van der Waals surface area contributed by atoms with Gasteiger partial charge in [-0.1, -0.05) is 0 Å². The minimum absolute atomic E-state index is 0.393. The zero-order chi connectivity index (χ0) is 12.2. The van der Waals surface area contributed by atoms with Crippen molar-refractivity contribution in [3.05, 3.63) is 0 Å². The highest BCUT2D eigenvalue weighted by Gasteiger charge is 1.98.